The van der Waals surface area contributed by atoms with E-state index in [0.29, 0.717) is 6.42 Å². The largest absolute Gasteiger partial charge is 0.298 e. The molecule has 0 bridgehead atoms. The zero-order chi connectivity index (χ0) is 12.1. The fraction of sp³-hybridized carbons (Fsp3) is 0.462. The van der Waals surface area contributed by atoms with E-state index >= 15 is 0 Å². The Balaban J connectivity index is 2.78. The van der Waals surface area contributed by atoms with Gasteiger partial charge in [0.25, 0.3) is 0 Å². The number of aryl methyl sites for hydroxylation is 1. The highest BCUT2D eigenvalue weighted by atomic mass is 32.2. The second kappa shape index (κ2) is 5.94. The van der Waals surface area contributed by atoms with Gasteiger partial charge in [-0.3, -0.25) is 9.00 Å². The van der Waals surface area contributed by atoms with Gasteiger partial charge in [0, 0.05) is 11.3 Å². The highest BCUT2D eigenvalue weighted by Gasteiger charge is 2.20. The molecular weight excluding hydrogens is 220 g/mol. The van der Waals surface area contributed by atoms with Crippen molar-refractivity contribution >= 4 is 16.6 Å². The van der Waals surface area contributed by atoms with Crippen LogP contribution in [0.25, 0.3) is 0 Å². The van der Waals surface area contributed by atoms with E-state index in [9.17, 15) is 9.00 Å². The summed E-state index contributed by atoms with van der Waals surface area (Å²) in [5, 5.41) is -0.400. The fourth-order valence-corrected chi connectivity index (χ4v) is 2.61. The van der Waals surface area contributed by atoms with Gasteiger partial charge in [0.2, 0.25) is 0 Å². The molecule has 0 aliphatic rings. The lowest BCUT2D eigenvalue weighted by Gasteiger charge is -2.10. The van der Waals surface area contributed by atoms with Gasteiger partial charge in [-0.25, -0.2) is 0 Å². The molecule has 0 N–H and O–H groups in total. The minimum atomic E-state index is -1.22. The molecule has 3 heteroatoms. The van der Waals surface area contributed by atoms with Gasteiger partial charge >= 0.3 is 0 Å². The molecule has 1 rings (SSSR count). The summed E-state index contributed by atoms with van der Waals surface area (Å²) in [6.45, 7) is 5.69. The molecule has 2 nitrogen and oxygen atoms in total. The quantitative estimate of drug-likeness (QED) is 0.790. The first-order valence-electron chi connectivity index (χ1n) is 5.56. The van der Waals surface area contributed by atoms with Gasteiger partial charge in [-0.15, -0.1) is 0 Å². The third kappa shape index (κ3) is 3.27. The fourth-order valence-electron chi connectivity index (χ4n) is 1.45. The van der Waals surface area contributed by atoms with Crippen molar-refractivity contribution in [3.05, 3.63) is 29.8 Å². The zero-order valence-electron chi connectivity index (χ0n) is 10.0. The zero-order valence-corrected chi connectivity index (χ0v) is 10.8. The van der Waals surface area contributed by atoms with Crippen LogP contribution in [0.5, 0.6) is 0 Å². The Bertz CT molecular complexity index is 381. The standard InChI is InChI=1S/C13H18O2S/c1-4-5-13(14)11(3)16(15)12-8-6-10(2)7-9-12/h6-9,11H,4-5H2,1-3H3. The second-order valence-corrected chi connectivity index (χ2v) is 5.74. The van der Waals surface area contributed by atoms with E-state index < -0.39 is 16.0 Å². The molecule has 0 radical (unpaired) electrons. The summed E-state index contributed by atoms with van der Waals surface area (Å²) >= 11 is 0. The minimum absolute atomic E-state index is 0.0846. The maximum absolute atomic E-state index is 12.1. The number of hydrogen-bond acceptors (Lipinski definition) is 2. The maximum atomic E-state index is 12.1. The lowest BCUT2D eigenvalue weighted by molar-refractivity contribution is -0.118. The SMILES string of the molecule is CCCC(=O)C(C)S(=O)c1ccc(C)cc1. The molecular formula is C13H18O2S. The van der Waals surface area contributed by atoms with Crippen LogP contribution in [-0.2, 0) is 15.6 Å². The molecule has 2 unspecified atom stereocenters. The monoisotopic (exact) mass is 238 g/mol. The van der Waals surface area contributed by atoms with Crippen molar-refractivity contribution in [2.24, 2.45) is 0 Å². The molecule has 0 spiro atoms. The topological polar surface area (TPSA) is 34.1 Å². The molecule has 0 saturated carbocycles. The van der Waals surface area contributed by atoms with Gasteiger partial charge < -0.3 is 0 Å². The highest BCUT2D eigenvalue weighted by molar-refractivity contribution is 7.86. The molecule has 16 heavy (non-hydrogen) atoms. The molecule has 0 aliphatic heterocycles. The molecule has 0 fully saturated rings. The van der Waals surface area contributed by atoms with Gasteiger partial charge in [-0.2, -0.15) is 0 Å². The van der Waals surface area contributed by atoms with Crippen LogP contribution in [-0.4, -0.2) is 15.2 Å². The third-order valence-corrected chi connectivity index (χ3v) is 4.17. The highest BCUT2D eigenvalue weighted by Crippen LogP contribution is 2.14. The molecule has 0 aromatic heterocycles. The lowest BCUT2D eigenvalue weighted by Crippen LogP contribution is -2.22. The number of hydrogen-bond donors (Lipinski definition) is 0. The molecule has 0 amide bonds. The van der Waals surface area contributed by atoms with Crippen molar-refractivity contribution in [3.63, 3.8) is 0 Å². The van der Waals surface area contributed by atoms with E-state index in [2.05, 4.69) is 0 Å². The summed E-state index contributed by atoms with van der Waals surface area (Å²) in [5.41, 5.74) is 1.13. The molecule has 0 aliphatic carbocycles. The van der Waals surface area contributed by atoms with E-state index in [1.807, 2.05) is 38.1 Å². The number of Topliss-reactive ketones (excluding diaryl/α,β-unsaturated/α-hetero) is 1. The Hall–Kier alpha value is -0.960. The van der Waals surface area contributed by atoms with Crippen LogP contribution in [0.4, 0.5) is 0 Å². The summed E-state index contributed by atoms with van der Waals surface area (Å²) in [5.74, 6) is 0.0846. The van der Waals surface area contributed by atoms with E-state index in [1.165, 1.54) is 0 Å². The maximum Gasteiger partial charge on any atom is 0.148 e. The molecule has 1 aromatic rings. The average Bonchev–Trinajstić information content (AvgIpc) is 2.28. The molecule has 1 aromatic carbocycles. The first-order valence-corrected chi connectivity index (χ1v) is 6.77. The van der Waals surface area contributed by atoms with E-state index in [1.54, 1.807) is 6.92 Å². The van der Waals surface area contributed by atoms with Crippen LogP contribution in [0.1, 0.15) is 32.3 Å². The number of carbonyl (C=O) groups excluding carboxylic acids is 1. The summed E-state index contributed by atoms with van der Waals surface area (Å²) in [6, 6.07) is 7.51. The number of rotatable bonds is 5. The van der Waals surface area contributed by atoms with Gasteiger partial charge in [-0.1, -0.05) is 24.6 Å². The predicted octanol–water partition coefficient (Wildman–Crippen LogP) is 2.86. The van der Waals surface area contributed by atoms with Crippen LogP contribution in [0, 0.1) is 6.92 Å². The predicted molar refractivity (Wildman–Crippen MR) is 67.0 cm³/mol. The molecule has 0 saturated heterocycles. The molecule has 88 valence electrons. The number of benzene rings is 1. The van der Waals surface area contributed by atoms with Crippen molar-refractivity contribution in [1.82, 2.24) is 0 Å². The van der Waals surface area contributed by atoms with Crippen molar-refractivity contribution in [2.45, 2.75) is 43.8 Å². The summed E-state index contributed by atoms with van der Waals surface area (Å²) < 4.78 is 12.1. The van der Waals surface area contributed by atoms with Crippen molar-refractivity contribution in [2.75, 3.05) is 0 Å². The van der Waals surface area contributed by atoms with Crippen molar-refractivity contribution < 1.29 is 9.00 Å². The first-order chi connectivity index (χ1) is 7.56. The minimum Gasteiger partial charge on any atom is -0.298 e. The van der Waals surface area contributed by atoms with Gasteiger partial charge in [-0.05, 0) is 32.4 Å². The van der Waals surface area contributed by atoms with Gasteiger partial charge in [0.15, 0.2) is 0 Å². The summed E-state index contributed by atoms with van der Waals surface area (Å²) in [7, 11) is -1.22. The molecule has 2 atom stereocenters. The van der Waals surface area contributed by atoms with Crippen LogP contribution >= 0.6 is 0 Å². The van der Waals surface area contributed by atoms with Crippen LogP contribution in [0.3, 0.4) is 0 Å². The van der Waals surface area contributed by atoms with Crippen LogP contribution < -0.4 is 0 Å². The third-order valence-electron chi connectivity index (χ3n) is 2.52. The lowest BCUT2D eigenvalue weighted by atomic mass is 10.2. The first kappa shape index (κ1) is 13.1. The van der Waals surface area contributed by atoms with Crippen molar-refractivity contribution in [1.29, 1.82) is 0 Å². The Morgan fingerprint density at radius 2 is 1.88 bits per heavy atom. The van der Waals surface area contributed by atoms with Gasteiger partial charge in [0.05, 0.1) is 16.0 Å². The summed E-state index contributed by atoms with van der Waals surface area (Å²) in [4.78, 5) is 12.4. The Morgan fingerprint density at radius 3 is 2.38 bits per heavy atom. The van der Waals surface area contributed by atoms with Gasteiger partial charge in [0.1, 0.15) is 5.78 Å². The van der Waals surface area contributed by atoms with E-state index in [4.69, 9.17) is 0 Å². The number of carbonyl (C=O) groups is 1. The van der Waals surface area contributed by atoms with E-state index in [0.717, 1.165) is 16.9 Å². The Kier molecular flexibility index (Phi) is 4.87. The normalized spacial score (nSPS) is 14.4. The average molecular weight is 238 g/mol. The number of ketones is 1. The van der Waals surface area contributed by atoms with E-state index in [-0.39, 0.29) is 5.78 Å². The smallest absolute Gasteiger partial charge is 0.148 e. The van der Waals surface area contributed by atoms with Crippen LogP contribution in [0.15, 0.2) is 29.2 Å². The van der Waals surface area contributed by atoms with Crippen LogP contribution in [0.2, 0.25) is 0 Å². The van der Waals surface area contributed by atoms with Crippen molar-refractivity contribution in [3.8, 4) is 0 Å². The summed E-state index contributed by atoms with van der Waals surface area (Å²) in [6.07, 6.45) is 1.33. The second-order valence-electron chi connectivity index (χ2n) is 3.97. The Labute approximate surface area is 99.5 Å². The Morgan fingerprint density at radius 1 is 1.31 bits per heavy atom. The molecule has 0 heterocycles.